The number of nitrogens with one attached hydrogen (secondary N) is 1. The molecule has 0 atom stereocenters. The number of carbonyl (C=O) groups is 1. The zero-order chi connectivity index (χ0) is 13.1. The number of hydrogen-bond acceptors (Lipinski definition) is 3. The highest BCUT2D eigenvalue weighted by atomic mass is 35.5. The van der Waals surface area contributed by atoms with Gasteiger partial charge in [-0.2, -0.15) is 0 Å². The van der Waals surface area contributed by atoms with Crippen molar-refractivity contribution in [3.8, 4) is 0 Å². The molecular formula is C12H9ClFNO3. The van der Waals surface area contributed by atoms with Gasteiger partial charge in [0.25, 0.3) is 0 Å². The third-order valence-electron chi connectivity index (χ3n) is 2.28. The van der Waals surface area contributed by atoms with Crippen LogP contribution in [0.5, 0.6) is 0 Å². The molecule has 1 aromatic heterocycles. The van der Waals surface area contributed by atoms with Crippen LogP contribution in [0.25, 0.3) is 0 Å². The van der Waals surface area contributed by atoms with Crippen LogP contribution in [0.2, 0.25) is 5.02 Å². The van der Waals surface area contributed by atoms with Crippen molar-refractivity contribution in [1.82, 2.24) is 0 Å². The zero-order valence-electron chi connectivity index (χ0n) is 9.11. The first kappa shape index (κ1) is 12.4. The average molecular weight is 270 g/mol. The van der Waals surface area contributed by atoms with Crippen molar-refractivity contribution in [2.75, 3.05) is 5.32 Å². The normalized spacial score (nSPS) is 10.3. The molecule has 0 radical (unpaired) electrons. The fourth-order valence-corrected chi connectivity index (χ4v) is 1.63. The van der Waals surface area contributed by atoms with Crippen LogP contribution in [0, 0.1) is 5.82 Å². The minimum atomic E-state index is -1.05. The first-order chi connectivity index (χ1) is 8.56. The molecule has 0 spiro atoms. The smallest absolute Gasteiger partial charge is 0.338 e. The Bertz CT molecular complexity index is 582. The minimum Gasteiger partial charge on any atom is -0.478 e. The predicted octanol–water partition coefficient (Wildman–Crippen LogP) is 3.38. The van der Waals surface area contributed by atoms with Gasteiger partial charge in [-0.1, -0.05) is 11.6 Å². The van der Waals surface area contributed by atoms with E-state index in [1.54, 1.807) is 0 Å². The van der Waals surface area contributed by atoms with Gasteiger partial charge in [-0.3, -0.25) is 0 Å². The van der Waals surface area contributed by atoms with Crippen molar-refractivity contribution >= 4 is 23.3 Å². The van der Waals surface area contributed by atoms with Crippen LogP contribution in [0.1, 0.15) is 16.1 Å². The van der Waals surface area contributed by atoms with Gasteiger partial charge >= 0.3 is 5.97 Å². The van der Waals surface area contributed by atoms with Crippen LogP contribution in [0.3, 0.4) is 0 Å². The molecule has 0 bridgehead atoms. The number of anilines is 1. The van der Waals surface area contributed by atoms with E-state index >= 15 is 0 Å². The maximum absolute atomic E-state index is 12.8. The molecule has 2 N–H and O–H groups in total. The van der Waals surface area contributed by atoms with E-state index < -0.39 is 11.8 Å². The first-order valence-corrected chi connectivity index (χ1v) is 5.43. The average Bonchev–Trinajstić information content (AvgIpc) is 2.76. The fourth-order valence-electron chi connectivity index (χ4n) is 1.40. The van der Waals surface area contributed by atoms with E-state index in [1.165, 1.54) is 24.3 Å². The van der Waals surface area contributed by atoms with Gasteiger partial charge in [-0.05, 0) is 24.3 Å². The molecule has 0 aliphatic carbocycles. The van der Waals surface area contributed by atoms with Gasteiger partial charge in [0.1, 0.15) is 17.8 Å². The van der Waals surface area contributed by atoms with Crippen LogP contribution in [0.4, 0.5) is 10.1 Å². The Balaban J connectivity index is 2.04. The summed E-state index contributed by atoms with van der Waals surface area (Å²) in [6, 6.07) is 5.37. The molecule has 0 saturated heterocycles. The van der Waals surface area contributed by atoms with Crippen molar-refractivity contribution in [3.63, 3.8) is 0 Å². The number of carboxylic acids is 1. The number of halogens is 2. The molecular weight excluding hydrogens is 261 g/mol. The van der Waals surface area contributed by atoms with Crippen LogP contribution in [-0.4, -0.2) is 11.1 Å². The summed E-state index contributed by atoms with van der Waals surface area (Å²) in [7, 11) is 0. The Labute approximate surface area is 107 Å². The monoisotopic (exact) mass is 269 g/mol. The van der Waals surface area contributed by atoms with E-state index in [1.807, 2.05) is 0 Å². The Hall–Kier alpha value is -2.01. The highest BCUT2D eigenvalue weighted by Gasteiger charge is 2.08. The summed E-state index contributed by atoms with van der Waals surface area (Å²) in [5, 5.41) is 11.9. The molecule has 0 amide bonds. The lowest BCUT2D eigenvalue weighted by Gasteiger charge is -2.06. The molecule has 94 valence electrons. The van der Waals surface area contributed by atoms with E-state index in [-0.39, 0.29) is 17.1 Å². The summed E-state index contributed by atoms with van der Waals surface area (Å²) < 4.78 is 17.9. The summed E-state index contributed by atoms with van der Waals surface area (Å²) in [6.07, 6.45) is 1.16. The largest absolute Gasteiger partial charge is 0.478 e. The standard InChI is InChI=1S/C12H9ClFNO3/c13-10-4-8(14)1-2-11(10)15-5-9-3-7(6-18-9)12(16)17/h1-4,6,15H,5H2,(H,16,17). The van der Waals surface area contributed by atoms with E-state index in [9.17, 15) is 9.18 Å². The Morgan fingerprint density at radius 1 is 1.44 bits per heavy atom. The molecule has 18 heavy (non-hydrogen) atoms. The first-order valence-electron chi connectivity index (χ1n) is 5.06. The number of aromatic carboxylic acids is 1. The molecule has 1 heterocycles. The number of rotatable bonds is 4. The van der Waals surface area contributed by atoms with Crippen molar-refractivity contribution in [2.24, 2.45) is 0 Å². The van der Waals surface area contributed by atoms with Gasteiger partial charge < -0.3 is 14.8 Å². The highest BCUT2D eigenvalue weighted by molar-refractivity contribution is 6.33. The molecule has 0 aliphatic heterocycles. The summed E-state index contributed by atoms with van der Waals surface area (Å²) >= 11 is 5.82. The summed E-state index contributed by atoms with van der Waals surface area (Å²) in [5.74, 6) is -1.02. The molecule has 0 fully saturated rings. The third-order valence-corrected chi connectivity index (χ3v) is 2.60. The number of hydrogen-bond donors (Lipinski definition) is 2. The quantitative estimate of drug-likeness (QED) is 0.893. The Kier molecular flexibility index (Phi) is 3.53. The third kappa shape index (κ3) is 2.81. The fraction of sp³-hybridized carbons (Fsp3) is 0.0833. The van der Waals surface area contributed by atoms with Gasteiger partial charge in [-0.15, -0.1) is 0 Å². The second kappa shape index (κ2) is 5.10. The second-order valence-electron chi connectivity index (χ2n) is 3.58. The predicted molar refractivity (Wildman–Crippen MR) is 64.4 cm³/mol. The number of carboxylic acid groups (broad SMARTS) is 1. The van der Waals surface area contributed by atoms with Crippen LogP contribution in [-0.2, 0) is 6.54 Å². The second-order valence-corrected chi connectivity index (χ2v) is 3.99. The van der Waals surface area contributed by atoms with E-state index in [2.05, 4.69) is 5.32 Å². The number of furan rings is 1. The maximum atomic E-state index is 12.8. The maximum Gasteiger partial charge on any atom is 0.338 e. The Morgan fingerprint density at radius 3 is 2.83 bits per heavy atom. The van der Waals surface area contributed by atoms with Gasteiger partial charge in [0.15, 0.2) is 0 Å². The molecule has 1 aromatic carbocycles. The van der Waals surface area contributed by atoms with E-state index in [4.69, 9.17) is 21.1 Å². The highest BCUT2D eigenvalue weighted by Crippen LogP contribution is 2.23. The van der Waals surface area contributed by atoms with Gasteiger partial charge in [0.05, 0.1) is 22.8 Å². The SMILES string of the molecule is O=C(O)c1coc(CNc2ccc(F)cc2Cl)c1. The zero-order valence-corrected chi connectivity index (χ0v) is 9.87. The lowest BCUT2D eigenvalue weighted by Crippen LogP contribution is -1.99. The molecule has 2 aromatic rings. The molecule has 2 rings (SSSR count). The molecule has 4 nitrogen and oxygen atoms in total. The molecule has 0 saturated carbocycles. The van der Waals surface area contributed by atoms with E-state index in [0.717, 1.165) is 6.26 Å². The molecule has 6 heteroatoms. The number of benzene rings is 1. The molecule has 0 unspecified atom stereocenters. The van der Waals surface area contributed by atoms with Gasteiger partial charge in [0, 0.05) is 0 Å². The summed E-state index contributed by atoms with van der Waals surface area (Å²) in [6.45, 7) is 0.263. The van der Waals surface area contributed by atoms with Crippen LogP contribution >= 0.6 is 11.6 Å². The lowest BCUT2D eigenvalue weighted by atomic mass is 10.3. The van der Waals surface area contributed by atoms with Crippen molar-refractivity contribution in [1.29, 1.82) is 0 Å². The van der Waals surface area contributed by atoms with Crippen molar-refractivity contribution in [3.05, 3.63) is 52.7 Å². The van der Waals surface area contributed by atoms with Gasteiger partial charge in [0.2, 0.25) is 0 Å². The van der Waals surface area contributed by atoms with Crippen LogP contribution < -0.4 is 5.32 Å². The lowest BCUT2D eigenvalue weighted by molar-refractivity contribution is 0.0696. The van der Waals surface area contributed by atoms with Crippen molar-refractivity contribution in [2.45, 2.75) is 6.54 Å². The molecule has 0 aliphatic rings. The Morgan fingerprint density at radius 2 is 2.22 bits per heavy atom. The summed E-state index contributed by atoms with van der Waals surface area (Å²) in [5.41, 5.74) is 0.628. The van der Waals surface area contributed by atoms with Crippen LogP contribution in [0.15, 0.2) is 34.9 Å². The van der Waals surface area contributed by atoms with Crippen molar-refractivity contribution < 1.29 is 18.7 Å². The van der Waals surface area contributed by atoms with Gasteiger partial charge in [-0.25, -0.2) is 9.18 Å². The topological polar surface area (TPSA) is 62.5 Å². The van der Waals surface area contributed by atoms with E-state index in [0.29, 0.717) is 11.4 Å². The summed E-state index contributed by atoms with van der Waals surface area (Å²) in [4.78, 5) is 10.6. The minimum absolute atomic E-state index is 0.0806.